The number of carbonyl (C=O) groups is 2. The Balaban J connectivity index is 1.77. The van der Waals surface area contributed by atoms with E-state index in [2.05, 4.69) is 31.0 Å². The maximum absolute atomic E-state index is 14.9. The van der Waals surface area contributed by atoms with Crippen LogP contribution in [0, 0.1) is 12.9 Å². The molecule has 0 bridgehead atoms. The number of anilines is 1. The van der Waals surface area contributed by atoms with Crippen molar-refractivity contribution in [3.63, 3.8) is 0 Å². The second kappa shape index (κ2) is 12.1. The number of nitrogens with zero attached hydrogens (tertiary/aromatic N) is 3. The molecule has 3 N–H and O–H groups in total. The highest BCUT2D eigenvalue weighted by Crippen LogP contribution is 2.28. The monoisotopic (exact) mass is 524 g/mol. The zero-order valence-electron chi connectivity index (χ0n) is 19.6. The molecule has 1 atom stereocenters. The number of carbonyl (C=O) groups excluding carboxylic acids is 2. The number of H-pyrrole nitrogens is 1. The number of pyridine rings is 1. The Morgan fingerprint density at radius 1 is 1.17 bits per heavy atom. The zero-order valence-corrected chi connectivity index (χ0v) is 21.1. The number of amides is 2. The van der Waals surface area contributed by atoms with Crippen LogP contribution in [0.1, 0.15) is 60.5 Å². The summed E-state index contributed by atoms with van der Waals surface area (Å²) in [5.74, 6) is -1.79. The molecule has 0 saturated heterocycles. The molecule has 0 radical (unpaired) electrons. The molecule has 0 spiro atoms. The molecule has 3 rings (SSSR count). The Kier molecular flexibility index (Phi) is 9.22. The van der Waals surface area contributed by atoms with Gasteiger partial charge in [-0.15, -0.1) is 23.2 Å². The molecule has 188 valence electrons. The highest BCUT2D eigenvalue weighted by atomic mass is 35.5. The topological polar surface area (TPSA) is 126 Å². The van der Waals surface area contributed by atoms with Crippen molar-refractivity contribution in [1.82, 2.24) is 25.7 Å². The van der Waals surface area contributed by atoms with E-state index in [-0.39, 0.29) is 23.4 Å². The number of aromatic nitrogens is 4. The van der Waals surface area contributed by atoms with E-state index in [9.17, 15) is 14.0 Å². The van der Waals surface area contributed by atoms with E-state index < -0.39 is 28.6 Å². The Hall–Kier alpha value is -2.98. The van der Waals surface area contributed by atoms with Crippen LogP contribution in [-0.4, -0.2) is 43.0 Å². The van der Waals surface area contributed by atoms with Gasteiger partial charge in [0.2, 0.25) is 11.9 Å². The van der Waals surface area contributed by atoms with E-state index in [1.54, 1.807) is 13.0 Å². The molecule has 2 amide bonds. The molecule has 0 fully saturated rings. The van der Waals surface area contributed by atoms with Crippen molar-refractivity contribution >= 4 is 40.8 Å². The van der Waals surface area contributed by atoms with Gasteiger partial charge in [-0.2, -0.15) is 9.49 Å². The van der Waals surface area contributed by atoms with Gasteiger partial charge in [0, 0.05) is 16.8 Å². The third-order valence-electron chi connectivity index (χ3n) is 5.49. The lowest BCUT2D eigenvalue weighted by Crippen LogP contribution is -2.44. The van der Waals surface area contributed by atoms with Crippen LogP contribution in [0.25, 0.3) is 11.1 Å². The first-order valence-electron chi connectivity index (χ1n) is 11.3. The van der Waals surface area contributed by atoms with E-state index in [4.69, 9.17) is 27.7 Å². The molecule has 0 aromatic carbocycles. The molecule has 35 heavy (non-hydrogen) atoms. The molecule has 0 saturated carbocycles. The largest absolute Gasteiger partial charge is 0.364 e. The third-order valence-corrected chi connectivity index (χ3v) is 5.92. The molecule has 0 aliphatic rings. The second-order valence-electron chi connectivity index (χ2n) is 7.92. The minimum absolute atomic E-state index is 0.0153. The van der Waals surface area contributed by atoms with Crippen molar-refractivity contribution in [2.45, 2.75) is 63.8 Å². The van der Waals surface area contributed by atoms with Crippen molar-refractivity contribution in [2.75, 3.05) is 5.32 Å². The standard InChI is InChI=1S/C23H27Cl2FN6O3/c1-4-15-14(11-35-32-15)22(33)27-17(7-6-8-18(24)25)23(34)29-19-10-9-13(21(26)28-19)20-12(3)30-31-16(20)5-2/h9-11,17-18H,4-8H2,1-3H3,(H,27,33)(H,30,31)(H,28,29,34)/t17-/m0/s1. The van der Waals surface area contributed by atoms with Gasteiger partial charge < -0.3 is 15.2 Å². The van der Waals surface area contributed by atoms with Gasteiger partial charge in [0.05, 0.1) is 11.4 Å². The molecular formula is C23H27Cl2FN6O3. The lowest BCUT2D eigenvalue weighted by Gasteiger charge is -2.18. The second-order valence-corrected chi connectivity index (χ2v) is 9.20. The van der Waals surface area contributed by atoms with Crippen LogP contribution in [0.15, 0.2) is 22.9 Å². The maximum atomic E-state index is 14.9. The average molecular weight is 525 g/mol. The fourth-order valence-electron chi connectivity index (χ4n) is 3.68. The Morgan fingerprint density at radius 3 is 2.57 bits per heavy atom. The van der Waals surface area contributed by atoms with Gasteiger partial charge in [0.15, 0.2) is 0 Å². The first-order chi connectivity index (χ1) is 16.7. The summed E-state index contributed by atoms with van der Waals surface area (Å²) in [5.41, 5.74) is 3.10. The predicted octanol–water partition coefficient (Wildman–Crippen LogP) is 4.74. The number of aryl methyl sites for hydroxylation is 3. The molecule has 0 aliphatic carbocycles. The van der Waals surface area contributed by atoms with Crippen molar-refractivity contribution in [2.24, 2.45) is 0 Å². The van der Waals surface area contributed by atoms with Crippen LogP contribution < -0.4 is 10.6 Å². The minimum atomic E-state index is -0.943. The molecule has 3 aromatic heterocycles. The highest BCUT2D eigenvalue weighted by molar-refractivity contribution is 6.44. The summed E-state index contributed by atoms with van der Waals surface area (Å²) in [7, 11) is 0. The van der Waals surface area contributed by atoms with Crippen LogP contribution >= 0.6 is 23.2 Å². The summed E-state index contributed by atoms with van der Waals surface area (Å²) in [5, 5.41) is 16.1. The van der Waals surface area contributed by atoms with Crippen molar-refractivity contribution in [1.29, 1.82) is 0 Å². The minimum Gasteiger partial charge on any atom is -0.364 e. The summed E-state index contributed by atoms with van der Waals surface area (Å²) in [6.07, 6.45) is 3.50. The van der Waals surface area contributed by atoms with E-state index in [1.807, 2.05) is 13.8 Å². The molecule has 3 heterocycles. The van der Waals surface area contributed by atoms with Crippen LogP contribution in [0.2, 0.25) is 0 Å². The van der Waals surface area contributed by atoms with Gasteiger partial charge in [-0.3, -0.25) is 14.7 Å². The van der Waals surface area contributed by atoms with Crippen molar-refractivity contribution in [3.05, 3.63) is 47.0 Å². The fraction of sp³-hybridized carbons (Fsp3) is 0.435. The average Bonchev–Trinajstić information content (AvgIpc) is 3.44. The summed E-state index contributed by atoms with van der Waals surface area (Å²) in [4.78, 5) is 29.1. The first kappa shape index (κ1) is 26.6. The Labute approximate surface area is 212 Å². The van der Waals surface area contributed by atoms with Gasteiger partial charge in [0.1, 0.15) is 28.5 Å². The van der Waals surface area contributed by atoms with Crippen LogP contribution in [0.4, 0.5) is 10.2 Å². The molecule has 0 unspecified atom stereocenters. The Morgan fingerprint density at radius 2 is 1.91 bits per heavy atom. The number of hydrogen-bond donors (Lipinski definition) is 3. The van der Waals surface area contributed by atoms with E-state index in [0.717, 1.165) is 11.4 Å². The molecule has 12 heteroatoms. The number of rotatable bonds is 11. The van der Waals surface area contributed by atoms with Crippen molar-refractivity contribution in [3.8, 4) is 11.1 Å². The summed E-state index contributed by atoms with van der Waals surface area (Å²) in [6, 6.07) is 2.10. The quantitative estimate of drug-likeness (QED) is 0.245. The number of halogens is 3. The predicted molar refractivity (Wildman–Crippen MR) is 131 cm³/mol. The lowest BCUT2D eigenvalue weighted by atomic mass is 10.0. The van der Waals surface area contributed by atoms with Gasteiger partial charge in [0.25, 0.3) is 5.91 Å². The van der Waals surface area contributed by atoms with Crippen LogP contribution in [0.5, 0.6) is 0 Å². The summed E-state index contributed by atoms with van der Waals surface area (Å²) in [6.45, 7) is 5.56. The van der Waals surface area contributed by atoms with Gasteiger partial charge in [-0.25, -0.2) is 4.98 Å². The van der Waals surface area contributed by atoms with E-state index in [0.29, 0.717) is 36.9 Å². The fourth-order valence-corrected chi connectivity index (χ4v) is 3.99. The van der Waals surface area contributed by atoms with Crippen molar-refractivity contribution < 1.29 is 18.5 Å². The number of aromatic amines is 1. The molecular weight excluding hydrogens is 498 g/mol. The van der Waals surface area contributed by atoms with Crippen LogP contribution in [0.3, 0.4) is 0 Å². The number of hydrogen-bond acceptors (Lipinski definition) is 6. The van der Waals surface area contributed by atoms with Crippen LogP contribution in [-0.2, 0) is 17.6 Å². The van der Waals surface area contributed by atoms with Gasteiger partial charge in [-0.1, -0.05) is 19.0 Å². The smallest absolute Gasteiger partial charge is 0.257 e. The van der Waals surface area contributed by atoms with E-state index in [1.165, 1.54) is 12.3 Å². The highest BCUT2D eigenvalue weighted by Gasteiger charge is 2.25. The third kappa shape index (κ3) is 6.58. The normalized spacial score (nSPS) is 12.1. The molecule has 0 aliphatic heterocycles. The van der Waals surface area contributed by atoms with Gasteiger partial charge >= 0.3 is 0 Å². The summed E-state index contributed by atoms with van der Waals surface area (Å²) >= 11 is 11.6. The number of alkyl halides is 2. The number of nitrogens with one attached hydrogen (secondary N) is 3. The summed E-state index contributed by atoms with van der Waals surface area (Å²) < 4.78 is 19.8. The first-order valence-corrected chi connectivity index (χ1v) is 12.2. The lowest BCUT2D eigenvalue weighted by molar-refractivity contribution is -0.118. The maximum Gasteiger partial charge on any atom is 0.257 e. The molecule has 9 nitrogen and oxygen atoms in total. The van der Waals surface area contributed by atoms with Gasteiger partial charge in [-0.05, 0) is 51.2 Å². The van der Waals surface area contributed by atoms with E-state index >= 15 is 0 Å². The molecule has 3 aromatic rings. The SMILES string of the molecule is CCc1nocc1C(=O)N[C@@H](CCCC(Cl)Cl)C(=O)Nc1ccc(-c2c(CC)n[nH]c2C)c(F)n1. The zero-order chi connectivity index (χ0) is 25.5. The Bertz CT molecular complexity index is 1180.